The largest absolute Gasteiger partial charge is 0.435 e. The molecule has 2 aromatic heterocycles. The first-order valence-electron chi connectivity index (χ1n) is 10.3. The lowest BCUT2D eigenvalue weighted by atomic mass is 10.0. The van der Waals surface area contributed by atoms with E-state index in [9.17, 15) is 13.6 Å². The SMILES string of the molecule is CC/C(=N/NC(=O)c1cc(-c2cccnc2)nc2ccccc12)c1ccc(OC(F)F)cc1. The number of amides is 1. The minimum Gasteiger partial charge on any atom is -0.435 e. The Labute approximate surface area is 189 Å². The minimum absolute atomic E-state index is 0.0550. The molecule has 166 valence electrons. The molecule has 0 fully saturated rings. The molecule has 1 N–H and O–H groups in total. The Hall–Kier alpha value is -4.20. The molecule has 0 spiro atoms. The van der Waals surface area contributed by atoms with Crippen molar-refractivity contribution in [1.82, 2.24) is 15.4 Å². The molecule has 0 radical (unpaired) electrons. The standard InChI is InChI=1S/C25H20F2N4O2/c1-2-21(16-9-11-18(12-10-16)33-25(26)27)30-31-24(32)20-14-23(17-6-5-13-28-15-17)29-22-8-4-3-7-19(20)22/h3-15,25H,2H2,1H3,(H,31,32)/b30-21-. The number of hydrogen-bond acceptors (Lipinski definition) is 5. The lowest BCUT2D eigenvalue weighted by molar-refractivity contribution is -0.0498. The third-order valence-corrected chi connectivity index (χ3v) is 4.96. The average molecular weight is 446 g/mol. The first-order valence-corrected chi connectivity index (χ1v) is 10.3. The van der Waals surface area contributed by atoms with Crippen molar-refractivity contribution >= 4 is 22.5 Å². The van der Waals surface area contributed by atoms with Gasteiger partial charge in [0.1, 0.15) is 5.75 Å². The van der Waals surface area contributed by atoms with Crippen LogP contribution in [0.25, 0.3) is 22.2 Å². The number of carbonyl (C=O) groups is 1. The van der Waals surface area contributed by atoms with Gasteiger partial charge in [0, 0.05) is 23.3 Å². The van der Waals surface area contributed by atoms with Crippen LogP contribution >= 0.6 is 0 Å². The van der Waals surface area contributed by atoms with Crippen LogP contribution in [0.4, 0.5) is 8.78 Å². The fraction of sp³-hybridized carbons (Fsp3) is 0.120. The topological polar surface area (TPSA) is 76.5 Å². The van der Waals surface area contributed by atoms with Crippen LogP contribution in [0.2, 0.25) is 0 Å². The maximum atomic E-state index is 13.1. The average Bonchev–Trinajstić information content (AvgIpc) is 2.84. The van der Waals surface area contributed by atoms with Crippen molar-refractivity contribution in [3.8, 4) is 17.0 Å². The van der Waals surface area contributed by atoms with Crippen molar-refractivity contribution < 1.29 is 18.3 Å². The van der Waals surface area contributed by atoms with Crippen molar-refractivity contribution in [2.24, 2.45) is 5.10 Å². The predicted octanol–water partition coefficient (Wildman–Crippen LogP) is 5.44. The molecule has 0 unspecified atom stereocenters. The summed E-state index contributed by atoms with van der Waals surface area (Å²) in [7, 11) is 0. The number of halogens is 2. The molecule has 0 atom stereocenters. The molecule has 4 rings (SSSR count). The van der Waals surface area contributed by atoms with Crippen LogP contribution in [0.15, 0.2) is 84.2 Å². The third-order valence-electron chi connectivity index (χ3n) is 4.96. The number of hydrogen-bond donors (Lipinski definition) is 1. The first-order chi connectivity index (χ1) is 16.0. The lowest BCUT2D eigenvalue weighted by Gasteiger charge is -2.10. The van der Waals surface area contributed by atoms with Crippen LogP contribution in [-0.4, -0.2) is 28.2 Å². The fourth-order valence-electron chi connectivity index (χ4n) is 3.38. The number of nitrogens with zero attached hydrogens (tertiary/aromatic N) is 3. The van der Waals surface area contributed by atoms with E-state index in [2.05, 4.69) is 25.2 Å². The van der Waals surface area contributed by atoms with E-state index in [0.29, 0.717) is 39.9 Å². The molecule has 2 aromatic carbocycles. The van der Waals surface area contributed by atoms with Crippen molar-refractivity contribution in [3.05, 3.63) is 90.3 Å². The van der Waals surface area contributed by atoms with Crippen LogP contribution < -0.4 is 10.2 Å². The molecule has 0 bridgehead atoms. The summed E-state index contributed by atoms with van der Waals surface area (Å²) in [5, 5.41) is 4.98. The Morgan fingerprint density at radius 3 is 2.58 bits per heavy atom. The van der Waals surface area contributed by atoms with Gasteiger partial charge in [-0.2, -0.15) is 13.9 Å². The number of fused-ring (bicyclic) bond motifs is 1. The van der Waals surface area contributed by atoms with Gasteiger partial charge in [-0.3, -0.25) is 9.78 Å². The van der Waals surface area contributed by atoms with Gasteiger partial charge in [0.2, 0.25) is 0 Å². The molecular weight excluding hydrogens is 426 g/mol. The number of carbonyl (C=O) groups excluding carboxylic acids is 1. The molecule has 8 heteroatoms. The number of pyridine rings is 2. The van der Waals surface area contributed by atoms with Gasteiger partial charge in [0.25, 0.3) is 5.91 Å². The zero-order chi connectivity index (χ0) is 23.2. The number of aromatic nitrogens is 2. The Balaban J connectivity index is 1.63. The zero-order valence-electron chi connectivity index (χ0n) is 17.7. The van der Waals surface area contributed by atoms with Gasteiger partial charge in [-0.25, -0.2) is 10.4 Å². The Bertz CT molecular complexity index is 1290. The highest BCUT2D eigenvalue weighted by atomic mass is 19.3. The van der Waals surface area contributed by atoms with Crippen LogP contribution in [0.5, 0.6) is 5.75 Å². The van der Waals surface area contributed by atoms with Gasteiger partial charge in [-0.15, -0.1) is 0 Å². The van der Waals surface area contributed by atoms with E-state index in [1.54, 1.807) is 36.7 Å². The van der Waals surface area contributed by atoms with Crippen molar-refractivity contribution in [1.29, 1.82) is 0 Å². The van der Waals surface area contributed by atoms with E-state index in [0.717, 1.165) is 5.56 Å². The molecule has 0 saturated carbocycles. The van der Waals surface area contributed by atoms with Gasteiger partial charge < -0.3 is 4.74 Å². The molecule has 6 nitrogen and oxygen atoms in total. The lowest BCUT2D eigenvalue weighted by Crippen LogP contribution is -2.20. The van der Waals surface area contributed by atoms with E-state index < -0.39 is 6.61 Å². The normalized spacial score (nSPS) is 11.6. The second-order valence-electron chi connectivity index (χ2n) is 7.07. The molecule has 4 aromatic rings. The summed E-state index contributed by atoms with van der Waals surface area (Å²) >= 11 is 0. The second-order valence-corrected chi connectivity index (χ2v) is 7.07. The van der Waals surface area contributed by atoms with E-state index >= 15 is 0 Å². The van der Waals surface area contributed by atoms with Crippen LogP contribution in [0, 0.1) is 0 Å². The van der Waals surface area contributed by atoms with Crippen LogP contribution in [0.1, 0.15) is 29.3 Å². The number of nitrogens with one attached hydrogen (secondary N) is 1. The van der Waals surface area contributed by atoms with E-state index in [1.807, 2.05) is 37.3 Å². The molecule has 33 heavy (non-hydrogen) atoms. The summed E-state index contributed by atoms with van der Waals surface area (Å²) in [5.74, 6) is -0.332. The Kier molecular flexibility index (Phi) is 6.64. The van der Waals surface area contributed by atoms with Gasteiger partial charge in [0.15, 0.2) is 0 Å². The first kappa shape index (κ1) is 22.0. The number of rotatable bonds is 7. The fourth-order valence-corrected chi connectivity index (χ4v) is 3.38. The number of benzene rings is 2. The minimum atomic E-state index is -2.89. The quantitative estimate of drug-likeness (QED) is 0.303. The molecule has 0 aliphatic carbocycles. The van der Waals surface area contributed by atoms with Crippen molar-refractivity contribution in [3.63, 3.8) is 0 Å². The number of para-hydroxylation sites is 1. The molecule has 2 heterocycles. The summed E-state index contributed by atoms with van der Waals surface area (Å²) in [6, 6.07) is 18.9. The van der Waals surface area contributed by atoms with Gasteiger partial charge >= 0.3 is 6.61 Å². The highest BCUT2D eigenvalue weighted by molar-refractivity contribution is 6.08. The summed E-state index contributed by atoms with van der Waals surface area (Å²) in [6.45, 7) is -1.00. The number of hydrazone groups is 1. The number of alkyl halides is 2. The smallest absolute Gasteiger partial charge is 0.387 e. The Morgan fingerprint density at radius 2 is 1.88 bits per heavy atom. The van der Waals surface area contributed by atoms with Gasteiger partial charge in [-0.05, 0) is 60.5 Å². The third kappa shape index (κ3) is 5.17. The Morgan fingerprint density at radius 1 is 1.09 bits per heavy atom. The van der Waals surface area contributed by atoms with Gasteiger partial charge in [0.05, 0.1) is 22.5 Å². The highest BCUT2D eigenvalue weighted by Crippen LogP contribution is 2.24. The summed E-state index contributed by atoms with van der Waals surface area (Å²) < 4.78 is 29.1. The molecule has 1 amide bonds. The van der Waals surface area contributed by atoms with Crippen LogP contribution in [0.3, 0.4) is 0 Å². The van der Waals surface area contributed by atoms with Gasteiger partial charge in [-0.1, -0.05) is 25.1 Å². The molecule has 0 aliphatic heterocycles. The van der Waals surface area contributed by atoms with E-state index in [1.165, 1.54) is 12.1 Å². The monoisotopic (exact) mass is 446 g/mol. The highest BCUT2D eigenvalue weighted by Gasteiger charge is 2.14. The molecular formula is C25H20F2N4O2. The van der Waals surface area contributed by atoms with Crippen LogP contribution in [-0.2, 0) is 0 Å². The zero-order valence-corrected chi connectivity index (χ0v) is 17.7. The molecule has 0 aliphatic rings. The van der Waals surface area contributed by atoms with Crippen molar-refractivity contribution in [2.45, 2.75) is 20.0 Å². The van der Waals surface area contributed by atoms with E-state index in [-0.39, 0.29) is 11.7 Å². The summed E-state index contributed by atoms with van der Waals surface area (Å²) in [4.78, 5) is 21.9. The maximum Gasteiger partial charge on any atom is 0.387 e. The predicted molar refractivity (Wildman–Crippen MR) is 122 cm³/mol. The maximum absolute atomic E-state index is 13.1. The second kappa shape index (κ2) is 9.95. The number of ether oxygens (including phenoxy) is 1. The molecule has 0 saturated heterocycles. The van der Waals surface area contributed by atoms with Crippen molar-refractivity contribution in [2.75, 3.05) is 0 Å². The summed E-state index contributed by atoms with van der Waals surface area (Å²) in [5.41, 5.74) is 6.43. The summed E-state index contributed by atoms with van der Waals surface area (Å²) in [6.07, 6.45) is 3.88. The van der Waals surface area contributed by atoms with E-state index in [4.69, 9.17) is 0 Å².